The summed E-state index contributed by atoms with van der Waals surface area (Å²) in [6.07, 6.45) is 7.81. The van der Waals surface area contributed by atoms with Crippen LogP contribution >= 0.6 is 0 Å². The van der Waals surface area contributed by atoms with Gasteiger partial charge in [0.15, 0.2) is 5.82 Å². The molecule has 2 aliphatic carbocycles. The molecule has 0 radical (unpaired) electrons. The molecule has 2 saturated heterocycles. The van der Waals surface area contributed by atoms with Crippen molar-refractivity contribution in [3.8, 4) is 0 Å². The second kappa shape index (κ2) is 8.57. The van der Waals surface area contributed by atoms with Gasteiger partial charge in [-0.25, -0.2) is 9.97 Å². The van der Waals surface area contributed by atoms with E-state index in [1.807, 2.05) is 6.07 Å². The Balaban J connectivity index is 1.23. The quantitative estimate of drug-likeness (QED) is 0.564. The zero-order chi connectivity index (χ0) is 23.2. The van der Waals surface area contributed by atoms with Crippen molar-refractivity contribution in [3.05, 3.63) is 24.0 Å². The van der Waals surface area contributed by atoms with E-state index in [0.29, 0.717) is 42.3 Å². The highest BCUT2D eigenvalue weighted by molar-refractivity contribution is 5.78. The lowest BCUT2D eigenvalue weighted by Gasteiger charge is -2.43. The fraction of sp³-hybridized carbons (Fsp3) is 0.583. The molecule has 5 N–H and O–H groups in total. The minimum Gasteiger partial charge on any atom is -0.396 e. The number of piperazine rings is 1. The number of nitrogens with one attached hydrogen (secondary N) is 1. The molecule has 2 aromatic heterocycles. The number of nitrogens with two attached hydrogens (primary N) is 2. The number of pyridine rings is 1. The van der Waals surface area contributed by atoms with Crippen molar-refractivity contribution in [2.24, 2.45) is 5.92 Å². The molecule has 34 heavy (non-hydrogen) atoms. The third-order valence-corrected chi connectivity index (χ3v) is 7.35. The number of hydrogen-bond acceptors (Lipinski definition) is 9. The summed E-state index contributed by atoms with van der Waals surface area (Å²) in [5.41, 5.74) is 14.8. The van der Waals surface area contributed by atoms with Gasteiger partial charge in [0.05, 0.1) is 35.6 Å². The largest absolute Gasteiger partial charge is 0.396 e. The lowest BCUT2D eigenvalue weighted by molar-refractivity contribution is -0.142. The molecule has 4 heterocycles. The van der Waals surface area contributed by atoms with E-state index in [1.54, 1.807) is 12.3 Å². The third kappa shape index (κ3) is 4.34. The Kier molecular flexibility index (Phi) is 5.40. The van der Waals surface area contributed by atoms with Crippen molar-refractivity contribution >= 4 is 34.9 Å². The summed E-state index contributed by atoms with van der Waals surface area (Å²) in [4.78, 5) is 31.0. The third-order valence-electron chi connectivity index (χ3n) is 7.35. The highest BCUT2D eigenvalue weighted by Gasteiger charge is 2.42. The highest BCUT2D eigenvalue weighted by Crippen LogP contribution is 2.45. The predicted octanol–water partition coefficient (Wildman–Crippen LogP) is 2.26. The van der Waals surface area contributed by atoms with Crippen LogP contribution in [0.1, 0.15) is 50.1 Å². The molecule has 1 amide bonds. The number of hydrogen-bond donors (Lipinski definition) is 3. The van der Waals surface area contributed by atoms with E-state index in [-0.39, 0.29) is 18.1 Å². The summed E-state index contributed by atoms with van der Waals surface area (Å²) in [6, 6.07) is 3.81. The monoisotopic (exact) mass is 464 g/mol. The Bertz CT molecular complexity index is 1080. The average Bonchev–Trinajstić information content (AvgIpc) is 3.69. The molecule has 0 aromatic carbocycles. The van der Waals surface area contributed by atoms with Crippen molar-refractivity contribution in [1.82, 2.24) is 19.9 Å². The number of anilines is 5. The molecule has 180 valence electrons. The Morgan fingerprint density at radius 3 is 2.65 bits per heavy atom. The summed E-state index contributed by atoms with van der Waals surface area (Å²) in [5, 5.41) is 3.27. The number of nitrogen functional groups attached to an aromatic ring is 2. The van der Waals surface area contributed by atoms with Gasteiger partial charge in [-0.15, -0.1) is 0 Å². The average molecular weight is 465 g/mol. The first-order valence-corrected chi connectivity index (χ1v) is 12.4. The van der Waals surface area contributed by atoms with Gasteiger partial charge >= 0.3 is 0 Å². The minimum atomic E-state index is 0.104. The van der Waals surface area contributed by atoms with Crippen LogP contribution in [0.2, 0.25) is 0 Å². The van der Waals surface area contributed by atoms with Crippen LogP contribution in [0.5, 0.6) is 0 Å². The normalized spacial score (nSPS) is 24.6. The lowest BCUT2D eigenvalue weighted by atomic mass is 10.0. The van der Waals surface area contributed by atoms with Gasteiger partial charge in [-0.2, -0.15) is 4.98 Å². The minimum absolute atomic E-state index is 0.104. The summed E-state index contributed by atoms with van der Waals surface area (Å²) < 4.78 is 5.51. The van der Waals surface area contributed by atoms with E-state index in [4.69, 9.17) is 21.2 Å². The molecule has 10 heteroatoms. The van der Waals surface area contributed by atoms with E-state index < -0.39 is 0 Å². The molecule has 2 aliphatic heterocycles. The van der Waals surface area contributed by atoms with E-state index >= 15 is 0 Å². The molecule has 2 saturated carbocycles. The molecular formula is C24H32N8O2. The fourth-order valence-corrected chi connectivity index (χ4v) is 5.06. The SMILES string of the molecule is Nc1ccnc(Nc2cc(N)c(N3CCN(C(=O)C[C@H]4CCO4)[C@H](C4CC4)C3)nc2C2CC2)n1. The van der Waals surface area contributed by atoms with Crippen LogP contribution in [-0.4, -0.2) is 64.1 Å². The van der Waals surface area contributed by atoms with E-state index in [0.717, 1.165) is 56.2 Å². The molecule has 2 atom stereocenters. The van der Waals surface area contributed by atoms with Crippen LogP contribution in [0.25, 0.3) is 0 Å². The van der Waals surface area contributed by atoms with Crippen LogP contribution in [0.15, 0.2) is 18.3 Å². The Morgan fingerprint density at radius 1 is 1.15 bits per heavy atom. The maximum Gasteiger partial charge on any atom is 0.229 e. The maximum atomic E-state index is 13.0. The van der Waals surface area contributed by atoms with Gasteiger partial charge in [0.25, 0.3) is 0 Å². The molecule has 2 aromatic rings. The molecular weight excluding hydrogens is 432 g/mol. The number of carbonyl (C=O) groups is 1. The standard InChI is InChI=1S/C24H32N8O2/c25-17-12-18(28-24-27-7-5-20(26)29-24)22(15-3-4-15)30-23(17)31-8-9-32(19(13-31)14-1-2-14)21(33)11-16-6-10-34-16/h5,7,12,14-16,19H,1-4,6,8-11,13,25H2,(H3,26,27,28,29)/t16-,19+/m1/s1. The number of rotatable bonds is 7. The van der Waals surface area contributed by atoms with Crippen LogP contribution in [0.4, 0.5) is 29.0 Å². The number of carbonyl (C=O) groups excluding carboxylic acids is 1. The summed E-state index contributed by atoms with van der Waals surface area (Å²) in [6.45, 7) is 2.98. The van der Waals surface area contributed by atoms with E-state index in [1.165, 1.54) is 12.8 Å². The van der Waals surface area contributed by atoms with Crippen LogP contribution in [0.3, 0.4) is 0 Å². The predicted molar refractivity (Wildman–Crippen MR) is 130 cm³/mol. The molecule has 10 nitrogen and oxygen atoms in total. The Labute approximate surface area is 199 Å². The van der Waals surface area contributed by atoms with Crippen LogP contribution < -0.4 is 21.7 Å². The second-order valence-electron chi connectivity index (χ2n) is 9.96. The summed E-state index contributed by atoms with van der Waals surface area (Å²) >= 11 is 0. The fourth-order valence-electron chi connectivity index (χ4n) is 5.06. The van der Waals surface area contributed by atoms with Gasteiger partial charge in [-0.3, -0.25) is 4.79 Å². The van der Waals surface area contributed by atoms with Crippen LogP contribution in [0, 0.1) is 5.92 Å². The van der Waals surface area contributed by atoms with Crippen molar-refractivity contribution in [3.63, 3.8) is 0 Å². The number of nitrogens with zero attached hydrogens (tertiary/aromatic N) is 5. The number of ether oxygens (including phenoxy) is 1. The molecule has 0 unspecified atom stereocenters. The molecule has 0 bridgehead atoms. The maximum absolute atomic E-state index is 13.0. The Hall–Kier alpha value is -3.14. The molecule has 0 spiro atoms. The Morgan fingerprint density at radius 2 is 1.97 bits per heavy atom. The topological polar surface area (TPSA) is 136 Å². The summed E-state index contributed by atoms with van der Waals surface area (Å²) in [7, 11) is 0. The van der Waals surface area contributed by atoms with Gasteiger partial charge in [0, 0.05) is 38.4 Å². The van der Waals surface area contributed by atoms with Crippen molar-refractivity contribution < 1.29 is 9.53 Å². The molecule has 4 fully saturated rings. The van der Waals surface area contributed by atoms with Gasteiger partial charge < -0.3 is 31.3 Å². The zero-order valence-corrected chi connectivity index (χ0v) is 19.3. The first kappa shape index (κ1) is 21.4. The highest BCUT2D eigenvalue weighted by atomic mass is 16.5. The molecule has 4 aliphatic rings. The second-order valence-corrected chi connectivity index (χ2v) is 9.96. The van der Waals surface area contributed by atoms with Crippen molar-refractivity contribution in [2.75, 3.05) is 47.9 Å². The van der Waals surface area contributed by atoms with Gasteiger partial charge in [-0.1, -0.05) is 0 Å². The van der Waals surface area contributed by atoms with Gasteiger partial charge in [0.2, 0.25) is 11.9 Å². The first-order chi connectivity index (χ1) is 16.5. The van der Waals surface area contributed by atoms with Crippen molar-refractivity contribution in [2.45, 2.75) is 56.6 Å². The van der Waals surface area contributed by atoms with E-state index in [2.05, 4.69) is 25.1 Å². The van der Waals surface area contributed by atoms with Crippen molar-refractivity contribution in [1.29, 1.82) is 0 Å². The zero-order valence-electron chi connectivity index (χ0n) is 19.3. The number of aromatic nitrogens is 3. The van der Waals surface area contributed by atoms with Gasteiger partial charge in [-0.05, 0) is 50.2 Å². The van der Waals surface area contributed by atoms with E-state index in [9.17, 15) is 4.79 Å². The number of amides is 1. The summed E-state index contributed by atoms with van der Waals surface area (Å²) in [5.74, 6) is 2.87. The molecule has 6 rings (SSSR count). The van der Waals surface area contributed by atoms with Gasteiger partial charge in [0.1, 0.15) is 5.82 Å². The smallest absolute Gasteiger partial charge is 0.229 e. The first-order valence-electron chi connectivity index (χ1n) is 12.4. The van der Waals surface area contributed by atoms with Crippen LogP contribution in [-0.2, 0) is 9.53 Å². The lowest BCUT2D eigenvalue weighted by Crippen LogP contribution is -2.57.